The highest BCUT2D eigenvalue weighted by molar-refractivity contribution is 9.10. The largest absolute Gasteiger partial charge is 0.370 e. The van der Waals surface area contributed by atoms with Crippen LogP contribution in [0.1, 0.15) is 38.7 Å². The molecule has 0 N–H and O–H groups in total. The van der Waals surface area contributed by atoms with Crippen LogP contribution in [0.15, 0.2) is 34.8 Å². The molecule has 1 aliphatic rings. The molecule has 3 nitrogen and oxygen atoms in total. The van der Waals surface area contributed by atoms with Gasteiger partial charge in [0, 0.05) is 15.9 Å². The Labute approximate surface area is 149 Å². The van der Waals surface area contributed by atoms with E-state index in [-0.39, 0.29) is 12.0 Å². The summed E-state index contributed by atoms with van der Waals surface area (Å²) in [6.07, 6.45) is 0.932. The summed E-state index contributed by atoms with van der Waals surface area (Å²) in [6.45, 7) is 6.06. The Morgan fingerprint density at radius 1 is 1.39 bits per heavy atom. The molecule has 3 rings (SSSR count). The Kier molecular flexibility index (Phi) is 5.19. The first kappa shape index (κ1) is 16.7. The van der Waals surface area contributed by atoms with E-state index in [0.29, 0.717) is 19.7 Å². The smallest absolute Gasteiger partial charge is 0.264 e. The van der Waals surface area contributed by atoms with Crippen LogP contribution in [-0.2, 0) is 11.2 Å². The molecule has 0 radical (unpaired) electrons. The fourth-order valence-corrected chi connectivity index (χ4v) is 4.19. The molecule has 1 atom stereocenters. The maximum atomic E-state index is 12.8. The molecule has 122 valence electrons. The van der Waals surface area contributed by atoms with Gasteiger partial charge in [0.2, 0.25) is 0 Å². The second-order valence-electron chi connectivity index (χ2n) is 5.73. The number of carbonyl (C=O) groups excluding carboxylic acids is 1. The van der Waals surface area contributed by atoms with E-state index in [1.807, 2.05) is 35.2 Å². The van der Waals surface area contributed by atoms with E-state index in [9.17, 15) is 4.79 Å². The quantitative estimate of drug-likeness (QED) is 0.762. The summed E-state index contributed by atoms with van der Waals surface area (Å²) in [5.41, 5.74) is 2.33. The van der Waals surface area contributed by atoms with E-state index < -0.39 is 0 Å². The van der Waals surface area contributed by atoms with Crippen molar-refractivity contribution < 1.29 is 9.53 Å². The predicted octanol–water partition coefficient (Wildman–Crippen LogP) is 4.60. The molecule has 2 aromatic rings. The molecule has 1 fully saturated rings. The number of nitrogens with zero attached hydrogens (tertiary/aromatic N) is 1. The SMILES string of the molecule is CCc1sc(C(=O)N2CCO[C@@H](c3ccc(Br)cc3)C2)cc1C. The zero-order chi connectivity index (χ0) is 16.4. The van der Waals surface area contributed by atoms with Gasteiger partial charge in [0.1, 0.15) is 6.10 Å². The third-order valence-electron chi connectivity index (χ3n) is 4.15. The molecule has 2 heterocycles. The number of amides is 1. The van der Waals surface area contributed by atoms with Gasteiger partial charge in [0.05, 0.1) is 18.0 Å². The molecular formula is C18H20BrNO2S. The van der Waals surface area contributed by atoms with Crippen molar-refractivity contribution in [1.82, 2.24) is 4.90 Å². The summed E-state index contributed by atoms with van der Waals surface area (Å²) in [5, 5.41) is 0. The monoisotopic (exact) mass is 393 g/mol. The number of hydrogen-bond donors (Lipinski definition) is 0. The second-order valence-corrected chi connectivity index (χ2v) is 7.78. The molecule has 1 aliphatic heterocycles. The highest BCUT2D eigenvalue weighted by atomic mass is 79.9. The number of ether oxygens (including phenoxy) is 1. The van der Waals surface area contributed by atoms with Crippen molar-refractivity contribution in [2.45, 2.75) is 26.4 Å². The van der Waals surface area contributed by atoms with Crippen LogP contribution < -0.4 is 0 Å². The predicted molar refractivity (Wildman–Crippen MR) is 97.2 cm³/mol. The maximum Gasteiger partial charge on any atom is 0.264 e. The van der Waals surface area contributed by atoms with Gasteiger partial charge >= 0.3 is 0 Å². The lowest BCUT2D eigenvalue weighted by Gasteiger charge is -2.33. The summed E-state index contributed by atoms with van der Waals surface area (Å²) in [4.78, 5) is 16.8. The van der Waals surface area contributed by atoms with Crippen molar-refractivity contribution in [2.24, 2.45) is 0 Å². The minimum Gasteiger partial charge on any atom is -0.370 e. The van der Waals surface area contributed by atoms with Crippen LogP contribution in [0.5, 0.6) is 0 Å². The number of thiophene rings is 1. The third kappa shape index (κ3) is 3.67. The lowest BCUT2D eigenvalue weighted by Crippen LogP contribution is -2.42. The third-order valence-corrected chi connectivity index (χ3v) is 6.05. The van der Waals surface area contributed by atoms with Crippen molar-refractivity contribution in [3.63, 3.8) is 0 Å². The highest BCUT2D eigenvalue weighted by Gasteiger charge is 2.27. The minimum atomic E-state index is -0.0486. The van der Waals surface area contributed by atoms with E-state index in [0.717, 1.165) is 21.3 Å². The first-order valence-electron chi connectivity index (χ1n) is 7.84. The van der Waals surface area contributed by atoms with Crippen LogP contribution in [0.2, 0.25) is 0 Å². The zero-order valence-electron chi connectivity index (χ0n) is 13.3. The van der Waals surface area contributed by atoms with Crippen LogP contribution in [0.25, 0.3) is 0 Å². The standard InChI is InChI=1S/C18H20BrNO2S/c1-3-16-12(2)10-17(23-16)18(21)20-8-9-22-15(11-20)13-4-6-14(19)7-5-13/h4-7,10,15H,3,8-9,11H2,1-2H3/t15-/m1/s1. The van der Waals surface area contributed by atoms with Crippen molar-refractivity contribution in [3.05, 3.63) is 55.7 Å². The first-order valence-corrected chi connectivity index (χ1v) is 9.45. The summed E-state index contributed by atoms with van der Waals surface area (Å²) in [6, 6.07) is 10.1. The number of aryl methyl sites for hydroxylation is 2. The Balaban J connectivity index is 1.74. The summed E-state index contributed by atoms with van der Waals surface area (Å²) < 4.78 is 6.91. The summed E-state index contributed by atoms with van der Waals surface area (Å²) in [7, 11) is 0. The molecule has 0 unspecified atom stereocenters. The molecule has 0 aliphatic carbocycles. The number of morpholine rings is 1. The summed E-state index contributed by atoms with van der Waals surface area (Å²) in [5.74, 6) is 0.128. The molecule has 23 heavy (non-hydrogen) atoms. The van der Waals surface area contributed by atoms with Gasteiger partial charge in [0.15, 0.2) is 0 Å². The Morgan fingerprint density at radius 3 is 2.78 bits per heavy atom. The van der Waals surface area contributed by atoms with Crippen molar-refractivity contribution in [2.75, 3.05) is 19.7 Å². The first-order chi connectivity index (χ1) is 11.1. The van der Waals surface area contributed by atoms with Gasteiger partial charge in [-0.15, -0.1) is 11.3 Å². The van der Waals surface area contributed by atoms with Gasteiger partial charge < -0.3 is 9.64 Å². The molecular weight excluding hydrogens is 374 g/mol. The van der Waals surface area contributed by atoms with Gasteiger partial charge in [-0.3, -0.25) is 4.79 Å². The van der Waals surface area contributed by atoms with Crippen molar-refractivity contribution >= 4 is 33.2 Å². The zero-order valence-corrected chi connectivity index (χ0v) is 15.7. The van der Waals surface area contributed by atoms with Crippen LogP contribution in [0, 0.1) is 6.92 Å². The van der Waals surface area contributed by atoms with Gasteiger partial charge in [0.25, 0.3) is 5.91 Å². The van der Waals surface area contributed by atoms with Crippen LogP contribution in [0.4, 0.5) is 0 Å². The van der Waals surface area contributed by atoms with Gasteiger partial charge in [-0.2, -0.15) is 0 Å². The average Bonchev–Trinajstić information content (AvgIpc) is 2.96. The van der Waals surface area contributed by atoms with E-state index in [2.05, 4.69) is 29.8 Å². The van der Waals surface area contributed by atoms with Gasteiger partial charge in [-0.25, -0.2) is 0 Å². The fraction of sp³-hybridized carbons (Fsp3) is 0.389. The molecule has 1 aromatic carbocycles. The van der Waals surface area contributed by atoms with E-state index in [1.54, 1.807) is 11.3 Å². The molecule has 0 bridgehead atoms. The molecule has 1 amide bonds. The molecule has 1 aromatic heterocycles. The number of halogens is 1. The number of benzene rings is 1. The molecule has 1 saturated heterocycles. The number of hydrogen-bond acceptors (Lipinski definition) is 3. The lowest BCUT2D eigenvalue weighted by molar-refractivity contribution is -0.0226. The second kappa shape index (κ2) is 7.16. The number of rotatable bonds is 3. The van der Waals surface area contributed by atoms with Crippen molar-refractivity contribution in [3.8, 4) is 0 Å². The van der Waals surface area contributed by atoms with Crippen LogP contribution in [0.3, 0.4) is 0 Å². The maximum absolute atomic E-state index is 12.8. The highest BCUT2D eigenvalue weighted by Crippen LogP contribution is 2.27. The summed E-state index contributed by atoms with van der Waals surface area (Å²) >= 11 is 5.07. The topological polar surface area (TPSA) is 29.5 Å². The minimum absolute atomic E-state index is 0.0486. The average molecular weight is 394 g/mol. The van der Waals surface area contributed by atoms with Crippen LogP contribution in [-0.4, -0.2) is 30.5 Å². The molecule has 5 heteroatoms. The van der Waals surface area contributed by atoms with E-state index >= 15 is 0 Å². The Bertz CT molecular complexity index is 696. The lowest BCUT2D eigenvalue weighted by atomic mass is 10.1. The fourth-order valence-electron chi connectivity index (χ4n) is 2.84. The van der Waals surface area contributed by atoms with Crippen molar-refractivity contribution in [1.29, 1.82) is 0 Å². The normalized spacial score (nSPS) is 18.2. The Morgan fingerprint density at radius 2 is 2.13 bits per heavy atom. The number of carbonyl (C=O) groups is 1. The van der Waals surface area contributed by atoms with Crippen LogP contribution >= 0.6 is 27.3 Å². The molecule has 0 spiro atoms. The van der Waals surface area contributed by atoms with Gasteiger partial charge in [-0.05, 0) is 42.7 Å². The van der Waals surface area contributed by atoms with E-state index in [1.165, 1.54) is 10.4 Å². The molecule has 0 saturated carbocycles. The van der Waals surface area contributed by atoms with Gasteiger partial charge in [-0.1, -0.05) is 35.0 Å². The Hall–Kier alpha value is -1.17. The van der Waals surface area contributed by atoms with E-state index in [4.69, 9.17) is 4.74 Å².